The summed E-state index contributed by atoms with van der Waals surface area (Å²) in [5, 5.41) is 0. The number of allylic oxidation sites excluding steroid dienone is 4. The zero-order valence-corrected chi connectivity index (χ0v) is 12.6. The summed E-state index contributed by atoms with van der Waals surface area (Å²) in [6, 6.07) is 8.70. The second kappa shape index (κ2) is 6.49. The molecule has 0 amide bonds. The summed E-state index contributed by atoms with van der Waals surface area (Å²) in [4.78, 5) is 0. The van der Waals surface area contributed by atoms with Crippen molar-refractivity contribution < 1.29 is 9.13 Å². The lowest BCUT2D eigenvalue weighted by atomic mass is 10.1. The first-order chi connectivity index (χ1) is 10.3. The number of aryl methyl sites for hydroxylation is 2. The van der Waals surface area contributed by atoms with E-state index in [4.69, 9.17) is 0 Å². The van der Waals surface area contributed by atoms with Gasteiger partial charge in [0, 0.05) is 30.7 Å². The second-order valence-electron chi connectivity index (χ2n) is 5.60. The predicted molar refractivity (Wildman–Crippen MR) is 84.3 cm³/mol. The number of rotatable bonds is 5. The Morgan fingerprint density at radius 1 is 0.952 bits per heavy atom. The van der Waals surface area contributed by atoms with Crippen molar-refractivity contribution in [3.8, 4) is 11.1 Å². The van der Waals surface area contributed by atoms with Crippen LogP contribution in [0.3, 0.4) is 0 Å². The molecule has 0 aromatic carbocycles. The van der Waals surface area contributed by atoms with Crippen LogP contribution in [-0.4, -0.2) is 0 Å². The van der Waals surface area contributed by atoms with Crippen LogP contribution < -0.4 is 9.13 Å². The minimum atomic E-state index is 1.08. The zero-order valence-electron chi connectivity index (χ0n) is 12.6. The summed E-state index contributed by atoms with van der Waals surface area (Å²) in [7, 11) is 2.04. The van der Waals surface area contributed by atoms with E-state index >= 15 is 0 Å². The third kappa shape index (κ3) is 3.66. The molecule has 0 radical (unpaired) electrons. The molecule has 1 aliphatic carbocycles. The number of hydrogen-bond donors (Lipinski definition) is 0. The highest BCUT2D eigenvalue weighted by Gasteiger charge is 2.05. The van der Waals surface area contributed by atoms with E-state index in [2.05, 4.69) is 76.4 Å². The summed E-state index contributed by atoms with van der Waals surface area (Å²) in [5.74, 6) is 0. The molecule has 2 aromatic heterocycles. The van der Waals surface area contributed by atoms with Gasteiger partial charge in [0.1, 0.15) is 13.6 Å². The fourth-order valence-corrected chi connectivity index (χ4v) is 2.65. The van der Waals surface area contributed by atoms with Gasteiger partial charge in [0.25, 0.3) is 0 Å². The maximum atomic E-state index is 2.32. The van der Waals surface area contributed by atoms with Crippen LogP contribution in [0, 0.1) is 0 Å². The summed E-state index contributed by atoms with van der Waals surface area (Å²) >= 11 is 0. The van der Waals surface area contributed by atoms with E-state index in [0.717, 1.165) is 13.0 Å². The topological polar surface area (TPSA) is 7.76 Å². The third-order valence-corrected chi connectivity index (χ3v) is 3.93. The summed E-state index contributed by atoms with van der Waals surface area (Å²) in [6.45, 7) is 1.08. The van der Waals surface area contributed by atoms with Gasteiger partial charge < -0.3 is 0 Å². The Hall–Kier alpha value is -2.22. The fraction of sp³-hybridized carbons (Fsp3) is 0.263. The van der Waals surface area contributed by atoms with Gasteiger partial charge in [-0.25, -0.2) is 9.13 Å². The van der Waals surface area contributed by atoms with Gasteiger partial charge in [-0.1, -0.05) is 23.8 Å². The van der Waals surface area contributed by atoms with Gasteiger partial charge in [0.15, 0.2) is 24.8 Å². The van der Waals surface area contributed by atoms with Crippen molar-refractivity contribution in [1.82, 2.24) is 0 Å². The van der Waals surface area contributed by atoms with Crippen LogP contribution in [0.1, 0.15) is 19.3 Å². The minimum absolute atomic E-state index is 1.08. The quantitative estimate of drug-likeness (QED) is 0.742. The Bertz CT molecular complexity index is 649. The number of pyridine rings is 2. The van der Waals surface area contributed by atoms with E-state index in [9.17, 15) is 0 Å². The molecule has 2 nitrogen and oxygen atoms in total. The van der Waals surface area contributed by atoms with Crippen molar-refractivity contribution in [2.24, 2.45) is 7.05 Å². The molecule has 2 heteroatoms. The van der Waals surface area contributed by atoms with Crippen molar-refractivity contribution in [2.75, 3.05) is 0 Å². The van der Waals surface area contributed by atoms with Gasteiger partial charge >= 0.3 is 0 Å². The van der Waals surface area contributed by atoms with Gasteiger partial charge in [-0.3, -0.25) is 0 Å². The van der Waals surface area contributed by atoms with Crippen LogP contribution in [0.15, 0.2) is 72.9 Å². The van der Waals surface area contributed by atoms with E-state index in [-0.39, 0.29) is 0 Å². The van der Waals surface area contributed by atoms with E-state index in [1.165, 1.54) is 29.5 Å². The molecule has 0 atom stereocenters. The summed E-state index contributed by atoms with van der Waals surface area (Å²) in [6.07, 6.45) is 18.8. The van der Waals surface area contributed by atoms with Crippen molar-refractivity contribution in [3.05, 3.63) is 72.9 Å². The Morgan fingerprint density at radius 2 is 1.62 bits per heavy atom. The molecule has 0 aliphatic heterocycles. The van der Waals surface area contributed by atoms with Crippen molar-refractivity contribution in [1.29, 1.82) is 0 Å². The Balaban J connectivity index is 1.58. The maximum Gasteiger partial charge on any atom is 0.169 e. The molecule has 0 saturated carbocycles. The van der Waals surface area contributed by atoms with Crippen LogP contribution in [0.25, 0.3) is 11.1 Å². The van der Waals surface area contributed by atoms with Crippen LogP contribution in [0.5, 0.6) is 0 Å². The van der Waals surface area contributed by atoms with E-state index in [1.807, 2.05) is 7.05 Å². The minimum Gasteiger partial charge on any atom is -0.208 e. The van der Waals surface area contributed by atoms with Crippen molar-refractivity contribution in [3.63, 3.8) is 0 Å². The van der Waals surface area contributed by atoms with E-state index in [0.29, 0.717) is 0 Å². The monoisotopic (exact) mass is 278 g/mol. The van der Waals surface area contributed by atoms with Gasteiger partial charge in [0.2, 0.25) is 0 Å². The normalized spacial score (nSPS) is 13.5. The van der Waals surface area contributed by atoms with Crippen LogP contribution in [-0.2, 0) is 13.6 Å². The van der Waals surface area contributed by atoms with Crippen molar-refractivity contribution >= 4 is 0 Å². The first kappa shape index (κ1) is 13.7. The van der Waals surface area contributed by atoms with Gasteiger partial charge in [-0.05, 0) is 24.0 Å². The Kier molecular flexibility index (Phi) is 4.25. The molecule has 2 heterocycles. The van der Waals surface area contributed by atoms with Gasteiger partial charge in [0.05, 0.1) is 0 Å². The second-order valence-corrected chi connectivity index (χ2v) is 5.60. The average Bonchev–Trinajstić information content (AvgIpc) is 3.02. The SMILES string of the molecule is C[n+]1ccc(-c2cc[n+](CCCC3=CCC=C3)cc2)cc1. The maximum absolute atomic E-state index is 2.32. The van der Waals surface area contributed by atoms with E-state index in [1.54, 1.807) is 0 Å². The molecule has 2 aromatic rings. The predicted octanol–water partition coefficient (Wildman–Crippen LogP) is 3.13. The standard InChI is InChI=1S/C19H22N2/c1-20-13-8-18(9-14-20)19-10-15-21(16-11-19)12-4-7-17-5-2-3-6-17/h2,5-6,8-11,13-16H,3-4,7,12H2,1H3/q+2. The Morgan fingerprint density at radius 3 is 2.24 bits per heavy atom. The summed E-state index contributed by atoms with van der Waals surface area (Å²) in [5.41, 5.74) is 4.03. The zero-order chi connectivity index (χ0) is 14.5. The average molecular weight is 278 g/mol. The van der Waals surface area contributed by atoms with Crippen LogP contribution in [0.2, 0.25) is 0 Å². The molecule has 0 spiro atoms. The van der Waals surface area contributed by atoms with Gasteiger partial charge in [-0.2, -0.15) is 0 Å². The largest absolute Gasteiger partial charge is 0.208 e. The van der Waals surface area contributed by atoms with Gasteiger partial charge in [-0.15, -0.1) is 0 Å². The molecule has 21 heavy (non-hydrogen) atoms. The molecule has 0 bridgehead atoms. The molecule has 0 saturated heterocycles. The molecular formula is C19H22N2+2. The number of aromatic nitrogens is 2. The summed E-state index contributed by atoms with van der Waals surface area (Å²) < 4.78 is 4.32. The molecule has 3 rings (SSSR count). The highest BCUT2D eigenvalue weighted by atomic mass is 14.9. The highest BCUT2D eigenvalue weighted by molar-refractivity contribution is 5.60. The molecule has 1 aliphatic rings. The lowest BCUT2D eigenvalue weighted by Crippen LogP contribution is -2.32. The third-order valence-electron chi connectivity index (χ3n) is 3.93. The molecule has 0 N–H and O–H groups in total. The first-order valence-corrected chi connectivity index (χ1v) is 7.62. The molecule has 0 fully saturated rings. The lowest BCUT2D eigenvalue weighted by molar-refractivity contribution is -0.697. The molecular weight excluding hydrogens is 256 g/mol. The van der Waals surface area contributed by atoms with Crippen LogP contribution in [0.4, 0.5) is 0 Å². The highest BCUT2D eigenvalue weighted by Crippen LogP contribution is 2.16. The lowest BCUT2D eigenvalue weighted by Gasteiger charge is -2.01. The van der Waals surface area contributed by atoms with Crippen LogP contribution >= 0.6 is 0 Å². The van der Waals surface area contributed by atoms with Crippen molar-refractivity contribution in [2.45, 2.75) is 25.8 Å². The Labute approximate surface area is 126 Å². The molecule has 0 unspecified atom stereocenters. The number of hydrogen-bond acceptors (Lipinski definition) is 0. The van der Waals surface area contributed by atoms with E-state index < -0.39 is 0 Å². The fourth-order valence-electron chi connectivity index (χ4n) is 2.65. The smallest absolute Gasteiger partial charge is 0.169 e. The first-order valence-electron chi connectivity index (χ1n) is 7.62. The molecule has 106 valence electrons. The number of nitrogens with zero attached hydrogens (tertiary/aromatic N) is 2.